The molecule has 0 aliphatic rings. The number of halogens is 1. The van der Waals surface area contributed by atoms with Gasteiger partial charge in [-0.3, -0.25) is 21.0 Å². The zero-order valence-corrected chi connectivity index (χ0v) is 13.6. The van der Waals surface area contributed by atoms with Crippen LogP contribution in [0.25, 0.3) is 0 Å². The molecule has 3 aromatic rings. The maximum absolute atomic E-state index is 11.5. The molecule has 1 aromatic heterocycles. The summed E-state index contributed by atoms with van der Waals surface area (Å²) in [5.74, 6) is 0.111. The van der Waals surface area contributed by atoms with Gasteiger partial charge in [0.15, 0.2) is 0 Å². The van der Waals surface area contributed by atoms with E-state index in [0.29, 0.717) is 10.7 Å². The molecule has 0 bridgehead atoms. The van der Waals surface area contributed by atoms with Gasteiger partial charge in [0, 0.05) is 10.7 Å². The van der Waals surface area contributed by atoms with Crippen LogP contribution < -0.4 is 16.2 Å². The fourth-order valence-electron chi connectivity index (χ4n) is 2.06. The number of nitro groups is 1. The Morgan fingerprint density at radius 1 is 0.880 bits per heavy atom. The third-order valence-electron chi connectivity index (χ3n) is 3.21. The van der Waals surface area contributed by atoms with Gasteiger partial charge in [0.05, 0.1) is 10.6 Å². The number of benzene rings is 2. The highest BCUT2D eigenvalue weighted by molar-refractivity contribution is 6.30. The van der Waals surface area contributed by atoms with Crippen molar-refractivity contribution in [2.75, 3.05) is 16.2 Å². The predicted molar refractivity (Wildman–Crippen MR) is 97.1 cm³/mol. The van der Waals surface area contributed by atoms with Gasteiger partial charge in [0.25, 0.3) is 0 Å². The van der Waals surface area contributed by atoms with Crippen molar-refractivity contribution in [3.05, 3.63) is 76.1 Å². The Morgan fingerprint density at radius 3 is 2.24 bits per heavy atom. The third kappa shape index (κ3) is 4.12. The molecule has 0 radical (unpaired) electrons. The summed E-state index contributed by atoms with van der Waals surface area (Å²) < 4.78 is 0. The molecular formula is C16H13ClN6O2. The van der Waals surface area contributed by atoms with Crippen LogP contribution in [0, 0.1) is 10.1 Å². The number of hydrogen-bond donors (Lipinski definition) is 3. The van der Waals surface area contributed by atoms with E-state index in [9.17, 15) is 10.1 Å². The average Bonchev–Trinajstić information content (AvgIpc) is 2.62. The first-order chi connectivity index (χ1) is 12.1. The molecule has 0 amide bonds. The smallest absolute Gasteiger partial charge is 0.334 e. The molecule has 0 atom stereocenters. The average molecular weight is 357 g/mol. The Morgan fingerprint density at radius 2 is 1.56 bits per heavy atom. The van der Waals surface area contributed by atoms with E-state index in [2.05, 4.69) is 26.1 Å². The van der Waals surface area contributed by atoms with Crippen molar-refractivity contribution in [3.63, 3.8) is 0 Å². The Kier molecular flexibility index (Phi) is 4.91. The van der Waals surface area contributed by atoms with Crippen LogP contribution in [0.1, 0.15) is 0 Å². The van der Waals surface area contributed by atoms with Crippen LogP contribution >= 0.6 is 11.6 Å². The van der Waals surface area contributed by atoms with E-state index in [1.807, 2.05) is 30.3 Å². The molecule has 0 aliphatic carbocycles. The lowest BCUT2D eigenvalue weighted by Crippen LogP contribution is -2.13. The lowest BCUT2D eigenvalue weighted by Gasteiger charge is -2.11. The molecule has 0 unspecified atom stereocenters. The second-order valence-electron chi connectivity index (χ2n) is 4.92. The van der Waals surface area contributed by atoms with Crippen molar-refractivity contribution in [1.82, 2.24) is 9.97 Å². The van der Waals surface area contributed by atoms with E-state index >= 15 is 0 Å². The number of nitrogens with zero attached hydrogens (tertiary/aromatic N) is 3. The van der Waals surface area contributed by atoms with Crippen molar-refractivity contribution in [3.8, 4) is 0 Å². The molecule has 0 saturated heterocycles. The molecule has 3 N–H and O–H groups in total. The first-order valence-corrected chi connectivity index (χ1v) is 7.60. The first kappa shape index (κ1) is 16.5. The van der Waals surface area contributed by atoms with Gasteiger partial charge in [-0.1, -0.05) is 29.8 Å². The summed E-state index contributed by atoms with van der Waals surface area (Å²) in [6, 6.07) is 15.9. The summed E-state index contributed by atoms with van der Waals surface area (Å²) >= 11 is 5.84. The number of hydrogen-bond acceptors (Lipinski definition) is 7. The second-order valence-corrected chi connectivity index (χ2v) is 5.36. The maximum Gasteiger partial charge on any atom is 0.355 e. The van der Waals surface area contributed by atoms with Crippen molar-refractivity contribution >= 4 is 40.3 Å². The first-order valence-electron chi connectivity index (χ1n) is 7.22. The largest absolute Gasteiger partial charge is 0.355 e. The van der Waals surface area contributed by atoms with E-state index in [1.54, 1.807) is 24.3 Å². The molecule has 25 heavy (non-hydrogen) atoms. The van der Waals surface area contributed by atoms with Crippen molar-refractivity contribution < 1.29 is 4.92 Å². The number of aromatic nitrogens is 2. The molecule has 1 heterocycles. The highest BCUT2D eigenvalue weighted by atomic mass is 35.5. The van der Waals surface area contributed by atoms with Crippen LogP contribution in [-0.4, -0.2) is 14.9 Å². The van der Waals surface area contributed by atoms with E-state index in [-0.39, 0.29) is 17.3 Å². The van der Waals surface area contributed by atoms with E-state index in [0.717, 1.165) is 5.69 Å². The van der Waals surface area contributed by atoms with Gasteiger partial charge >= 0.3 is 5.69 Å². The van der Waals surface area contributed by atoms with E-state index in [4.69, 9.17) is 11.6 Å². The molecule has 0 aliphatic heterocycles. The SMILES string of the molecule is O=[N+]([O-])c1c(NNc2ccccc2)ncnc1Nc1ccc(Cl)cc1. The monoisotopic (exact) mass is 356 g/mol. The highest BCUT2D eigenvalue weighted by Gasteiger charge is 2.23. The Bertz CT molecular complexity index is 874. The summed E-state index contributed by atoms with van der Waals surface area (Å²) in [5, 5.41) is 15.0. The standard InChI is InChI=1S/C16H13ClN6O2/c17-11-6-8-12(9-7-11)20-15-14(23(24)25)16(19-10-18-15)22-21-13-4-2-1-3-5-13/h1-10,21H,(H2,18,19,20,22). The number of anilines is 4. The fourth-order valence-corrected chi connectivity index (χ4v) is 2.18. The summed E-state index contributed by atoms with van der Waals surface area (Å²) in [6.45, 7) is 0. The second kappa shape index (κ2) is 7.45. The van der Waals surface area contributed by atoms with Gasteiger partial charge in [0.1, 0.15) is 6.33 Å². The topological polar surface area (TPSA) is 105 Å². The van der Waals surface area contributed by atoms with Crippen LogP contribution in [0.4, 0.5) is 28.7 Å². The molecule has 3 rings (SSSR count). The third-order valence-corrected chi connectivity index (χ3v) is 3.46. The van der Waals surface area contributed by atoms with E-state index < -0.39 is 4.92 Å². The predicted octanol–water partition coefficient (Wildman–Crippen LogP) is 4.22. The molecule has 8 nitrogen and oxygen atoms in total. The molecule has 0 spiro atoms. The summed E-state index contributed by atoms with van der Waals surface area (Å²) in [4.78, 5) is 18.9. The quantitative estimate of drug-likeness (QED) is 0.448. The molecule has 9 heteroatoms. The molecule has 126 valence electrons. The van der Waals surface area contributed by atoms with Gasteiger partial charge < -0.3 is 5.32 Å². The normalized spacial score (nSPS) is 10.1. The number of rotatable bonds is 6. The van der Waals surface area contributed by atoms with Crippen molar-refractivity contribution in [2.45, 2.75) is 0 Å². The molecule has 0 saturated carbocycles. The molecule has 0 fully saturated rings. The van der Waals surface area contributed by atoms with Crippen molar-refractivity contribution in [2.24, 2.45) is 0 Å². The number of hydrazine groups is 1. The van der Waals surface area contributed by atoms with E-state index in [1.165, 1.54) is 6.33 Å². The summed E-state index contributed by atoms with van der Waals surface area (Å²) in [6.07, 6.45) is 1.24. The van der Waals surface area contributed by atoms with Crippen molar-refractivity contribution in [1.29, 1.82) is 0 Å². The van der Waals surface area contributed by atoms with Crippen LogP contribution in [0.15, 0.2) is 60.9 Å². The lowest BCUT2D eigenvalue weighted by molar-refractivity contribution is -0.383. The zero-order valence-electron chi connectivity index (χ0n) is 12.8. The maximum atomic E-state index is 11.5. The fraction of sp³-hybridized carbons (Fsp3) is 0. The van der Waals surface area contributed by atoms with Gasteiger partial charge in [-0.05, 0) is 36.4 Å². The Hall–Kier alpha value is -3.39. The minimum Gasteiger partial charge on any atom is -0.334 e. The van der Waals surface area contributed by atoms with Crippen LogP contribution in [0.5, 0.6) is 0 Å². The molecule has 2 aromatic carbocycles. The molecular weight excluding hydrogens is 344 g/mol. The zero-order chi connectivity index (χ0) is 17.6. The highest BCUT2D eigenvalue weighted by Crippen LogP contribution is 2.31. The minimum atomic E-state index is -0.548. The van der Waals surface area contributed by atoms with Gasteiger partial charge in [-0.2, -0.15) is 0 Å². The Labute approximate surface area is 148 Å². The van der Waals surface area contributed by atoms with Gasteiger partial charge in [-0.15, -0.1) is 0 Å². The summed E-state index contributed by atoms with van der Waals surface area (Å²) in [7, 11) is 0. The van der Waals surface area contributed by atoms with Gasteiger partial charge in [0.2, 0.25) is 11.6 Å². The summed E-state index contributed by atoms with van der Waals surface area (Å²) in [5.41, 5.74) is 6.69. The van der Waals surface area contributed by atoms with Crippen LogP contribution in [0.3, 0.4) is 0 Å². The van der Waals surface area contributed by atoms with Gasteiger partial charge in [-0.25, -0.2) is 9.97 Å². The van der Waals surface area contributed by atoms with Crippen LogP contribution in [0.2, 0.25) is 5.02 Å². The Balaban J connectivity index is 1.86. The number of nitrogens with one attached hydrogen (secondary N) is 3. The van der Waals surface area contributed by atoms with Crippen LogP contribution in [-0.2, 0) is 0 Å². The minimum absolute atomic E-state index is 0.0420. The number of para-hydroxylation sites is 1. The lowest BCUT2D eigenvalue weighted by atomic mass is 10.3.